The van der Waals surface area contributed by atoms with Crippen molar-refractivity contribution in [3.8, 4) is 0 Å². The second-order valence-corrected chi connectivity index (χ2v) is 7.07. The number of carbonyl (C=O) groups excluding carboxylic acids is 1. The number of fused-ring (bicyclic) bond motifs is 1. The topological polar surface area (TPSA) is 56.0 Å². The average molecular weight is 365 g/mol. The minimum Gasteiger partial charge on any atom is -0.350 e. The third-order valence-corrected chi connectivity index (χ3v) is 5.08. The fourth-order valence-electron chi connectivity index (χ4n) is 3.63. The van der Waals surface area contributed by atoms with Crippen LogP contribution in [0.5, 0.6) is 0 Å². The first kappa shape index (κ1) is 19.0. The summed E-state index contributed by atoms with van der Waals surface area (Å²) in [5.41, 5.74) is 5.19. The normalized spacial score (nSPS) is 12.3. The Morgan fingerprint density at radius 2 is 1.74 bits per heavy atom. The molecule has 0 radical (unpaired) electrons. The predicted octanol–water partition coefficient (Wildman–Crippen LogP) is 3.71. The van der Waals surface area contributed by atoms with Crippen molar-refractivity contribution in [3.63, 3.8) is 0 Å². The molecule has 0 fully saturated rings. The maximum atomic E-state index is 12.7. The molecular weight excluding hydrogens is 338 g/mol. The molecule has 0 bridgehead atoms. The second kappa shape index (κ2) is 7.82. The predicted molar refractivity (Wildman–Crippen MR) is 109 cm³/mol. The van der Waals surface area contributed by atoms with Gasteiger partial charge in [-0.25, -0.2) is 4.79 Å². The van der Waals surface area contributed by atoms with Crippen LogP contribution in [0.2, 0.25) is 0 Å². The number of carbonyl (C=O) groups is 1. The quantitative estimate of drug-likeness (QED) is 0.724. The van der Waals surface area contributed by atoms with E-state index in [0.717, 1.165) is 22.2 Å². The maximum Gasteiger partial charge on any atom is 0.329 e. The summed E-state index contributed by atoms with van der Waals surface area (Å²) in [5, 5.41) is 3.06. The Bertz CT molecular complexity index is 1030. The molecule has 3 rings (SSSR count). The summed E-state index contributed by atoms with van der Waals surface area (Å²) in [6.45, 7) is 9.04. The molecule has 2 aromatic carbocycles. The molecule has 0 aliphatic carbocycles. The number of amides is 1. The first-order valence-corrected chi connectivity index (χ1v) is 9.47. The van der Waals surface area contributed by atoms with E-state index in [1.165, 1.54) is 5.56 Å². The molecule has 0 aliphatic heterocycles. The molecule has 0 saturated heterocycles. The van der Waals surface area contributed by atoms with Crippen molar-refractivity contribution >= 4 is 16.9 Å². The summed E-state index contributed by atoms with van der Waals surface area (Å²) in [4.78, 5) is 25.1. The summed E-state index contributed by atoms with van der Waals surface area (Å²) in [5.74, 6) is -0.0522. The van der Waals surface area contributed by atoms with Crippen molar-refractivity contribution in [2.24, 2.45) is 0 Å². The van der Waals surface area contributed by atoms with Crippen LogP contribution in [0.3, 0.4) is 0 Å². The number of aromatic nitrogens is 2. The van der Waals surface area contributed by atoms with Gasteiger partial charge in [0.1, 0.15) is 0 Å². The molecule has 1 heterocycles. The van der Waals surface area contributed by atoms with Crippen LogP contribution >= 0.6 is 0 Å². The van der Waals surface area contributed by atoms with Crippen LogP contribution in [0.4, 0.5) is 0 Å². The molecule has 0 saturated carbocycles. The van der Waals surface area contributed by atoms with Gasteiger partial charge >= 0.3 is 5.69 Å². The van der Waals surface area contributed by atoms with Crippen molar-refractivity contribution < 1.29 is 4.79 Å². The van der Waals surface area contributed by atoms with Crippen LogP contribution in [0.1, 0.15) is 43.0 Å². The zero-order valence-electron chi connectivity index (χ0n) is 16.5. The number of rotatable bonds is 6. The summed E-state index contributed by atoms with van der Waals surface area (Å²) < 4.78 is 3.44. The number of benzene rings is 2. The van der Waals surface area contributed by atoms with Crippen molar-refractivity contribution in [2.45, 2.75) is 53.2 Å². The molecule has 1 atom stereocenters. The lowest BCUT2D eigenvalue weighted by Crippen LogP contribution is -2.30. The number of aryl methyl sites for hydroxylation is 4. The van der Waals surface area contributed by atoms with E-state index in [1.807, 2.05) is 45.0 Å². The van der Waals surface area contributed by atoms with Crippen LogP contribution in [0.25, 0.3) is 11.0 Å². The van der Waals surface area contributed by atoms with Gasteiger partial charge in [0.15, 0.2) is 0 Å². The van der Waals surface area contributed by atoms with E-state index in [4.69, 9.17) is 0 Å². The third kappa shape index (κ3) is 3.82. The van der Waals surface area contributed by atoms with Gasteiger partial charge in [0.2, 0.25) is 5.91 Å². The van der Waals surface area contributed by atoms with Crippen molar-refractivity contribution in [1.29, 1.82) is 0 Å². The zero-order chi connectivity index (χ0) is 19.6. The van der Waals surface area contributed by atoms with E-state index >= 15 is 0 Å². The molecule has 142 valence electrons. The summed E-state index contributed by atoms with van der Waals surface area (Å²) in [7, 11) is 0. The minimum absolute atomic E-state index is 0.0522. The number of nitrogens with zero attached hydrogens (tertiary/aromatic N) is 2. The fourth-order valence-corrected chi connectivity index (χ4v) is 3.63. The lowest BCUT2D eigenvalue weighted by Gasteiger charge is -2.17. The highest BCUT2D eigenvalue weighted by Crippen LogP contribution is 2.19. The fraction of sp³-hybridized carbons (Fsp3) is 0.364. The molecular formula is C22H27N3O2. The second-order valence-electron chi connectivity index (χ2n) is 7.07. The first-order chi connectivity index (χ1) is 12.9. The lowest BCUT2D eigenvalue weighted by molar-refractivity contribution is -0.121. The molecule has 3 aromatic rings. The third-order valence-electron chi connectivity index (χ3n) is 5.08. The number of hydrogen-bond acceptors (Lipinski definition) is 2. The van der Waals surface area contributed by atoms with Gasteiger partial charge in [-0.3, -0.25) is 13.9 Å². The van der Waals surface area contributed by atoms with Crippen LogP contribution in [0, 0.1) is 13.8 Å². The van der Waals surface area contributed by atoms with Crippen LogP contribution < -0.4 is 11.0 Å². The van der Waals surface area contributed by atoms with Crippen LogP contribution in [-0.4, -0.2) is 15.0 Å². The number of imidazole rings is 1. The Morgan fingerprint density at radius 1 is 1.07 bits per heavy atom. The molecule has 1 N–H and O–H groups in total. The molecule has 0 spiro atoms. The summed E-state index contributed by atoms with van der Waals surface area (Å²) in [6, 6.07) is 13.9. The standard InChI is InChI=1S/C22H27N3O2/c1-5-24-19-8-6-7-9-20(19)25(22(24)27)13-12-21(26)23-17(4)18-14-15(2)10-11-16(18)3/h6-11,14,17H,5,12-13H2,1-4H3,(H,23,26). The highest BCUT2D eigenvalue weighted by molar-refractivity contribution is 5.78. The number of para-hydroxylation sites is 2. The Morgan fingerprint density at radius 3 is 2.41 bits per heavy atom. The number of hydrogen-bond donors (Lipinski definition) is 1. The van der Waals surface area contributed by atoms with Gasteiger partial charge in [-0.1, -0.05) is 35.9 Å². The Balaban J connectivity index is 1.73. The van der Waals surface area contributed by atoms with Crippen molar-refractivity contribution in [3.05, 3.63) is 69.6 Å². The smallest absolute Gasteiger partial charge is 0.329 e. The SMILES string of the molecule is CCn1c(=O)n(CCC(=O)NC(C)c2cc(C)ccc2C)c2ccccc21. The van der Waals surface area contributed by atoms with E-state index in [-0.39, 0.29) is 24.1 Å². The average Bonchev–Trinajstić information content (AvgIpc) is 2.92. The molecule has 5 nitrogen and oxygen atoms in total. The van der Waals surface area contributed by atoms with Crippen molar-refractivity contribution in [1.82, 2.24) is 14.5 Å². The molecule has 1 unspecified atom stereocenters. The van der Waals surface area contributed by atoms with Crippen LogP contribution in [0.15, 0.2) is 47.3 Å². The minimum atomic E-state index is -0.0638. The van der Waals surface area contributed by atoms with Crippen LogP contribution in [-0.2, 0) is 17.9 Å². The Kier molecular flexibility index (Phi) is 5.49. The van der Waals surface area contributed by atoms with E-state index in [9.17, 15) is 9.59 Å². The Hall–Kier alpha value is -2.82. The Labute approximate surface area is 159 Å². The summed E-state index contributed by atoms with van der Waals surface area (Å²) >= 11 is 0. The van der Waals surface area contributed by atoms with E-state index in [1.54, 1.807) is 9.13 Å². The monoisotopic (exact) mass is 365 g/mol. The molecule has 27 heavy (non-hydrogen) atoms. The maximum absolute atomic E-state index is 12.7. The van der Waals surface area contributed by atoms with Gasteiger partial charge in [-0.15, -0.1) is 0 Å². The molecule has 1 amide bonds. The van der Waals surface area contributed by atoms with Gasteiger partial charge in [-0.05, 0) is 51.0 Å². The van der Waals surface area contributed by atoms with Gasteiger partial charge in [0, 0.05) is 19.5 Å². The van der Waals surface area contributed by atoms with Gasteiger partial charge in [-0.2, -0.15) is 0 Å². The first-order valence-electron chi connectivity index (χ1n) is 9.47. The van der Waals surface area contributed by atoms with Gasteiger partial charge < -0.3 is 5.32 Å². The summed E-state index contributed by atoms with van der Waals surface area (Å²) in [6.07, 6.45) is 0.271. The largest absolute Gasteiger partial charge is 0.350 e. The van der Waals surface area contributed by atoms with Gasteiger partial charge in [0.25, 0.3) is 0 Å². The molecule has 1 aromatic heterocycles. The van der Waals surface area contributed by atoms with E-state index in [0.29, 0.717) is 13.1 Å². The van der Waals surface area contributed by atoms with E-state index < -0.39 is 0 Å². The highest BCUT2D eigenvalue weighted by Gasteiger charge is 2.15. The lowest BCUT2D eigenvalue weighted by atomic mass is 10.00. The molecule has 0 aliphatic rings. The van der Waals surface area contributed by atoms with Crippen molar-refractivity contribution in [2.75, 3.05) is 0 Å². The van der Waals surface area contributed by atoms with E-state index in [2.05, 4.69) is 30.4 Å². The zero-order valence-corrected chi connectivity index (χ0v) is 16.5. The number of nitrogens with one attached hydrogen (secondary N) is 1. The molecule has 5 heteroatoms. The van der Waals surface area contributed by atoms with Gasteiger partial charge in [0.05, 0.1) is 17.1 Å². The highest BCUT2D eigenvalue weighted by atomic mass is 16.2.